The Hall–Kier alpha value is -2.93. The molecule has 1 amide bonds. The average molecular weight is 370 g/mol. The Balaban J connectivity index is 2.24. The summed E-state index contributed by atoms with van der Waals surface area (Å²) < 4.78 is 5.13. The van der Waals surface area contributed by atoms with E-state index in [9.17, 15) is 14.7 Å². The number of aromatic carboxylic acids is 1. The molecule has 0 atom stereocenters. The molecule has 0 saturated carbocycles. The zero-order chi connectivity index (χ0) is 18.8. The molecule has 0 aliphatic heterocycles. The van der Waals surface area contributed by atoms with Gasteiger partial charge in [0.15, 0.2) is 0 Å². The van der Waals surface area contributed by atoms with Gasteiger partial charge in [-0.1, -0.05) is 26.0 Å². The van der Waals surface area contributed by atoms with Crippen molar-refractivity contribution in [1.82, 2.24) is 4.98 Å². The molecule has 7 heteroatoms. The van der Waals surface area contributed by atoms with E-state index >= 15 is 0 Å². The van der Waals surface area contributed by atoms with Gasteiger partial charge >= 0.3 is 5.97 Å². The zero-order valence-corrected chi connectivity index (χ0v) is 15.4. The van der Waals surface area contributed by atoms with Gasteiger partial charge in [0.1, 0.15) is 5.56 Å². The molecule has 0 spiro atoms. The van der Waals surface area contributed by atoms with Crippen molar-refractivity contribution in [2.75, 3.05) is 12.4 Å². The van der Waals surface area contributed by atoms with Crippen LogP contribution < -0.4 is 10.1 Å². The van der Waals surface area contributed by atoms with Crippen molar-refractivity contribution in [3.05, 3.63) is 51.7 Å². The van der Waals surface area contributed by atoms with Crippen LogP contribution in [0, 0.1) is 0 Å². The highest BCUT2D eigenvalue weighted by Gasteiger charge is 2.22. The highest BCUT2D eigenvalue weighted by atomic mass is 32.1. The first-order valence-corrected chi connectivity index (χ1v) is 8.95. The number of hydrogen-bond acceptors (Lipinski definition) is 5. The van der Waals surface area contributed by atoms with E-state index in [2.05, 4.69) is 10.3 Å². The zero-order valence-electron chi connectivity index (χ0n) is 14.6. The monoisotopic (exact) mass is 370 g/mol. The maximum absolute atomic E-state index is 13.0. The Morgan fingerprint density at radius 1 is 1.27 bits per heavy atom. The van der Waals surface area contributed by atoms with Crippen LogP contribution in [-0.4, -0.2) is 29.1 Å². The number of ether oxygens (including phenoxy) is 1. The van der Waals surface area contributed by atoms with Gasteiger partial charge in [-0.05, 0) is 29.0 Å². The van der Waals surface area contributed by atoms with E-state index < -0.39 is 5.97 Å². The third-order valence-electron chi connectivity index (χ3n) is 4.04. The van der Waals surface area contributed by atoms with Crippen molar-refractivity contribution >= 4 is 39.8 Å². The van der Waals surface area contributed by atoms with E-state index in [0.717, 1.165) is 5.56 Å². The fourth-order valence-electron chi connectivity index (χ4n) is 2.80. The van der Waals surface area contributed by atoms with Crippen LogP contribution in [0.4, 0.5) is 5.69 Å². The average Bonchev–Trinajstić information content (AvgIpc) is 3.11. The summed E-state index contributed by atoms with van der Waals surface area (Å²) in [5, 5.41) is 16.5. The number of nitrogens with zero attached hydrogens (tertiary/aromatic N) is 1. The molecule has 26 heavy (non-hydrogen) atoms. The lowest BCUT2D eigenvalue weighted by Gasteiger charge is -2.16. The number of thiophene rings is 1. The van der Waals surface area contributed by atoms with Crippen molar-refractivity contribution < 1.29 is 19.4 Å². The number of benzene rings is 1. The molecule has 1 aromatic carbocycles. The van der Waals surface area contributed by atoms with Crippen molar-refractivity contribution in [1.29, 1.82) is 0 Å². The van der Waals surface area contributed by atoms with Crippen LogP contribution >= 0.6 is 11.3 Å². The molecule has 0 radical (unpaired) electrons. The van der Waals surface area contributed by atoms with Gasteiger partial charge in [0.2, 0.25) is 5.88 Å². The summed E-state index contributed by atoms with van der Waals surface area (Å²) in [6.07, 6.45) is 0. The molecular weight excluding hydrogens is 352 g/mol. The predicted octanol–water partition coefficient (Wildman–Crippen LogP) is 4.38. The molecule has 0 fully saturated rings. The SMILES string of the molecule is COc1nc2c(C(=O)Nc3ccsc3)c(C(C)C)ccc2cc1C(=O)O. The number of hydrogen-bond donors (Lipinski definition) is 2. The molecule has 0 saturated heterocycles. The second-order valence-electron chi connectivity index (χ2n) is 6.07. The van der Waals surface area contributed by atoms with E-state index in [1.165, 1.54) is 24.5 Å². The lowest BCUT2D eigenvalue weighted by molar-refractivity contribution is 0.0692. The third kappa shape index (κ3) is 3.25. The van der Waals surface area contributed by atoms with Gasteiger partial charge in [-0.15, -0.1) is 0 Å². The number of nitrogens with one attached hydrogen (secondary N) is 1. The number of methoxy groups -OCH3 is 1. The van der Waals surface area contributed by atoms with Crippen LogP contribution in [0.2, 0.25) is 0 Å². The standard InChI is InChI=1S/C19H18N2O4S/c1-10(2)13-5-4-11-8-14(19(23)24)18(25-3)21-16(11)15(13)17(22)20-12-6-7-26-9-12/h4-10H,1-3H3,(H,20,22)(H,23,24). The summed E-state index contributed by atoms with van der Waals surface area (Å²) in [7, 11) is 1.36. The lowest BCUT2D eigenvalue weighted by Crippen LogP contribution is -2.16. The van der Waals surface area contributed by atoms with Crippen LogP contribution in [0.25, 0.3) is 10.9 Å². The fraction of sp³-hybridized carbons (Fsp3) is 0.211. The number of fused-ring (bicyclic) bond motifs is 1. The molecule has 3 aromatic rings. The van der Waals surface area contributed by atoms with E-state index in [-0.39, 0.29) is 23.3 Å². The summed E-state index contributed by atoms with van der Waals surface area (Å²) in [6.45, 7) is 3.98. The Morgan fingerprint density at radius 3 is 2.62 bits per heavy atom. The molecule has 2 N–H and O–H groups in total. The quantitative estimate of drug-likeness (QED) is 0.696. The van der Waals surface area contributed by atoms with Crippen LogP contribution in [0.1, 0.15) is 46.0 Å². The second kappa shape index (κ2) is 7.13. The minimum absolute atomic E-state index is 0.0181. The van der Waals surface area contributed by atoms with Crippen molar-refractivity contribution in [3.63, 3.8) is 0 Å². The molecule has 134 valence electrons. The first kappa shape index (κ1) is 17.9. The Kier molecular flexibility index (Phi) is 4.90. The number of rotatable bonds is 5. The van der Waals surface area contributed by atoms with Gasteiger partial charge in [0.25, 0.3) is 5.91 Å². The van der Waals surface area contributed by atoms with Gasteiger partial charge in [-0.25, -0.2) is 9.78 Å². The smallest absolute Gasteiger partial charge is 0.341 e. The molecule has 3 rings (SSSR count). The number of carbonyl (C=O) groups excluding carboxylic acids is 1. The summed E-state index contributed by atoms with van der Waals surface area (Å²) in [5.74, 6) is -1.34. The number of amides is 1. The number of anilines is 1. The van der Waals surface area contributed by atoms with Crippen LogP contribution in [0.3, 0.4) is 0 Å². The number of pyridine rings is 1. The molecule has 0 unspecified atom stereocenters. The number of carboxylic acids is 1. The topological polar surface area (TPSA) is 88.5 Å². The second-order valence-corrected chi connectivity index (χ2v) is 6.85. The maximum Gasteiger partial charge on any atom is 0.341 e. The maximum atomic E-state index is 13.0. The van der Waals surface area contributed by atoms with E-state index in [1.807, 2.05) is 36.7 Å². The number of aromatic nitrogens is 1. The first-order chi connectivity index (χ1) is 12.4. The molecule has 0 aliphatic carbocycles. The van der Waals surface area contributed by atoms with Gasteiger partial charge < -0.3 is 15.2 Å². The number of carbonyl (C=O) groups is 2. The van der Waals surface area contributed by atoms with Crippen molar-refractivity contribution in [3.8, 4) is 5.88 Å². The Labute approximate surface area is 154 Å². The Bertz CT molecular complexity index is 981. The van der Waals surface area contributed by atoms with Crippen LogP contribution in [-0.2, 0) is 0 Å². The third-order valence-corrected chi connectivity index (χ3v) is 4.72. The molecular formula is C19H18N2O4S. The van der Waals surface area contributed by atoms with E-state index in [1.54, 1.807) is 6.07 Å². The summed E-state index contributed by atoms with van der Waals surface area (Å²) in [4.78, 5) is 28.7. The first-order valence-electron chi connectivity index (χ1n) is 8.00. The fourth-order valence-corrected chi connectivity index (χ4v) is 3.38. The van der Waals surface area contributed by atoms with Gasteiger partial charge in [-0.2, -0.15) is 11.3 Å². The predicted molar refractivity (Wildman–Crippen MR) is 102 cm³/mol. The summed E-state index contributed by atoms with van der Waals surface area (Å²) in [6, 6.07) is 6.93. The minimum Gasteiger partial charge on any atom is -0.480 e. The van der Waals surface area contributed by atoms with Gasteiger partial charge in [0.05, 0.1) is 23.9 Å². The largest absolute Gasteiger partial charge is 0.480 e. The summed E-state index contributed by atoms with van der Waals surface area (Å²) >= 11 is 1.49. The van der Waals surface area contributed by atoms with Gasteiger partial charge in [-0.3, -0.25) is 4.79 Å². The van der Waals surface area contributed by atoms with E-state index in [0.29, 0.717) is 22.2 Å². The molecule has 2 aromatic heterocycles. The van der Waals surface area contributed by atoms with Crippen molar-refractivity contribution in [2.45, 2.75) is 19.8 Å². The normalized spacial score (nSPS) is 10.9. The van der Waals surface area contributed by atoms with Gasteiger partial charge in [0, 0.05) is 10.8 Å². The number of carboxylic acid groups (broad SMARTS) is 1. The summed E-state index contributed by atoms with van der Waals surface area (Å²) in [5.41, 5.74) is 2.36. The molecule has 0 bridgehead atoms. The van der Waals surface area contributed by atoms with E-state index in [4.69, 9.17) is 4.74 Å². The molecule has 0 aliphatic rings. The van der Waals surface area contributed by atoms with Crippen LogP contribution in [0.15, 0.2) is 35.0 Å². The molecule has 2 heterocycles. The van der Waals surface area contributed by atoms with Crippen LogP contribution in [0.5, 0.6) is 5.88 Å². The Morgan fingerprint density at radius 2 is 2.04 bits per heavy atom. The molecule has 6 nitrogen and oxygen atoms in total. The highest BCUT2D eigenvalue weighted by molar-refractivity contribution is 7.08. The lowest BCUT2D eigenvalue weighted by atomic mass is 9.93. The minimum atomic E-state index is -1.13. The van der Waals surface area contributed by atoms with Crippen molar-refractivity contribution in [2.24, 2.45) is 0 Å². The highest BCUT2D eigenvalue weighted by Crippen LogP contribution is 2.31.